The van der Waals surface area contributed by atoms with Gasteiger partial charge >= 0.3 is 0 Å². The number of carbonyl (C=O) groups is 1. The average Bonchev–Trinajstić information content (AvgIpc) is 3.43. The van der Waals surface area contributed by atoms with E-state index in [0.717, 1.165) is 18.4 Å². The fourth-order valence-corrected chi connectivity index (χ4v) is 4.17. The first kappa shape index (κ1) is 18.8. The van der Waals surface area contributed by atoms with Crippen LogP contribution in [0.2, 0.25) is 5.02 Å². The summed E-state index contributed by atoms with van der Waals surface area (Å²) in [5, 5.41) is 9.00. The van der Waals surface area contributed by atoms with E-state index >= 15 is 0 Å². The number of likely N-dealkylation sites (tertiary alicyclic amines) is 1. The van der Waals surface area contributed by atoms with Gasteiger partial charge in [-0.2, -0.15) is 15.0 Å². The van der Waals surface area contributed by atoms with Crippen molar-refractivity contribution >= 4 is 28.6 Å². The summed E-state index contributed by atoms with van der Waals surface area (Å²) in [6.07, 6.45) is 4.98. The highest BCUT2D eigenvalue weighted by molar-refractivity contribution is 6.31. The third-order valence-corrected chi connectivity index (χ3v) is 5.86. The number of nitrogens with zero attached hydrogens (tertiary/aromatic N) is 5. The van der Waals surface area contributed by atoms with Crippen LogP contribution in [-0.2, 0) is 0 Å². The second kappa shape index (κ2) is 7.57. The van der Waals surface area contributed by atoms with Crippen molar-refractivity contribution in [2.45, 2.75) is 31.7 Å². The molecule has 7 nitrogen and oxygen atoms in total. The van der Waals surface area contributed by atoms with Gasteiger partial charge in [-0.15, -0.1) is 0 Å². The number of hydrogen-bond donors (Lipinski definition) is 0. The van der Waals surface area contributed by atoms with Crippen molar-refractivity contribution in [3.63, 3.8) is 0 Å². The predicted molar refractivity (Wildman–Crippen MR) is 113 cm³/mol. The summed E-state index contributed by atoms with van der Waals surface area (Å²) in [6, 6.07) is 12.9. The number of benzene rings is 2. The van der Waals surface area contributed by atoms with E-state index in [-0.39, 0.29) is 17.9 Å². The maximum atomic E-state index is 13.5. The van der Waals surface area contributed by atoms with Gasteiger partial charge < -0.3 is 9.32 Å². The number of para-hydroxylation sites is 1. The Morgan fingerprint density at radius 3 is 2.77 bits per heavy atom. The molecule has 1 aliphatic rings. The molecule has 152 valence electrons. The Morgan fingerprint density at radius 2 is 1.93 bits per heavy atom. The van der Waals surface area contributed by atoms with Gasteiger partial charge in [0.05, 0.1) is 29.6 Å². The Bertz CT molecular complexity index is 1200. The second-order valence-electron chi connectivity index (χ2n) is 7.58. The molecule has 0 spiro atoms. The molecule has 0 N–H and O–H groups in total. The Hall–Kier alpha value is -3.19. The fraction of sp³-hybridized carbons (Fsp3) is 0.273. The summed E-state index contributed by atoms with van der Waals surface area (Å²) >= 11 is 6.08. The number of oxazole rings is 1. The van der Waals surface area contributed by atoms with E-state index in [2.05, 4.69) is 22.1 Å². The summed E-state index contributed by atoms with van der Waals surface area (Å²) in [6.45, 7) is 2.62. The molecule has 30 heavy (non-hydrogen) atoms. The van der Waals surface area contributed by atoms with Gasteiger partial charge in [0.25, 0.3) is 5.91 Å². The molecule has 2 aromatic carbocycles. The van der Waals surface area contributed by atoms with Crippen LogP contribution >= 0.6 is 11.6 Å². The van der Waals surface area contributed by atoms with Gasteiger partial charge in [0, 0.05) is 17.6 Å². The van der Waals surface area contributed by atoms with Gasteiger partial charge in [-0.1, -0.05) is 23.7 Å². The number of piperidine rings is 1. The standard InChI is InChI=1S/C22H20ClN5O2/c1-14-6-7-15(21-26-18-12-16(23)8-9-20(18)30-21)13-27(14)22(29)17-4-2-3-5-19(17)28-24-10-11-25-28/h2-5,8-12,14-15H,6-7,13H2,1H3. The molecule has 0 aliphatic carbocycles. The molecule has 2 unspecified atom stereocenters. The van der Waals surface area contributed by atoms with Crippen LogP contribution < -0.4 is 0 Å². The minimum Gasteiger partial charge on any atom is -0.440 e. The van der Waals surface area contributed by atoms with E-state index in [9.17, 15) is 4.79 Å². The van der Waals surface area contributed by atoms with Crippen molar-refractivity contribution in [1.82, 2.24) is 24.9 Å². The third kappa shape index (κ3) is 3.35. The molecule has 0 radical (unpaired) electrons. The lowest BCUT2D eigenvalue weighted by atomic mass is 9.92. The molecule has 1 fully saturated rings. The van der Waals surface area contributed by atoms with Crippen LogP contribution in [0.3, 0.4) is 0 Å². The number of carbonyl (C=O) groups excluding carboxylic acids is 1. The minimum atomic E-state index is -0.0424. The SMILES string of the molecule is CC1CCC(c2nc3cc(Cl)ccc3o2)CN1C(=O)c1ccccc1-n1nccn1. The number of rotatable bonds is 3. The molecule has 1 saturated heterocycles. The van der Waals surface area contributed by atoms with E-state index in [1.54, 1.807) is 24.5 Å². The number of hydrogen-bond acceptors (Lipinski definition) is 5. The van der Waals surface area contributed by atoms with Crippen molar-refractivity contribution in [2.24, 2.45) is 0 Å². The maximum Gasteiger partial charge on any atom is 0.256 e. The van der Waals surface area contributed by atoms with E-state index < -0.39 is 0 Å². The van der Waals surface area contributed by atoms with Crippen LogP contribution in [0.4, 0.5) is 0 Å². The molecule has 1 amide bonds. The number of fused-ring (bicyclic) bond motifs is 1. The van der Waals surface area contributed by atoms with Crippen LogP contribution in [0.25, 0.3) is 16.8 Å². The summed E-state index contributed by atoms with van der Waals surface area (Å²) in [7, 11) is 0. The monoisotopic (exact) mass is 421 g/mol. The normalized spacial score (nSPS) is 19.3. The molecule has 2 aromatic heterocycles. The van der Waals surface area contributed by atoms with E-state index in [4.69, 9.17) is 16.0 Å². The number of aromatic nitrogens is 4. The van der Waals surface area contributed by atoms with Crippen molar-refractivity contribution in [3.8, 4) is 5.69 Å². The summed E-state index contributed by atoms with van der Waals surface area (Å²) in [5.74, 6) is 0.643. The van der Waals surface area contributed by atoms with Crippen LogP contribution in [0.5, 0.6) is 0 Å². The van der Waals surface area contributed by atoms with Crippen molar-refractivity contribution < 1.29 is 9.21 Å². The molecule has 5 rings (SSSR count). The first-order valence-electron chi connectivity index (χ1n) is 9.93. The van der Waals surface area contributed by atoms with Gasteiger partial charge in [0.2, 0.25) is 0 Å². The van der Waals surface area contributed by atoms with Crippen LogP contribution in [0.1, 0.15) is 41.9 Å². The zero-order valence-electron chi connectivity index (χ0n) is 16.4. The summed E-state index contributed by atoms with van der Waals surface area (Å²) in [4.78, 5) is 21.5. The molecule has 0 saturated carbocycles. The van der Waals surface area contributed by atoms with Gasteiger partial charge in [-0.25, -0.2) is 4.98 Å². The highest BCUT2D eigenvalue weighted by atomic mass is 35.5. The average molecular weight is 422 g/mol. The van der Waals surface area contributed by atoms with Gasteiger partial charge in [0.1, 0.15) is 5.52 Å². The van der Waals surface area contributed by atoms with Crippen molar-refractivity contribution in [2.75, 3.05) is 6.54 Å². The largest absolute Gasteiger partial charge is 0.440 e. The molecular formula is C22H20ClN5O2. The first-order valence-corrected chi connectivity index (χ1v) is 10.3. The first-order chi connectivity index (χ1) is 14.6. The van der Waals surface area contributed by atoms with Gasteiger partial charge in [0.15, 0.2) is 11.5 Å². The number of amides is 1. The lowest BCUT2D eigenvalue weighted by Gasteiger charge is -2.37. The predicted octanol–water partition coefficient (Wildman–Crippen LogP) is 4.47. The minimum absolute atomic E-state index is 0.0336. The molecule has 3 heterocycles. The lowest BCUT2D eigenvalue weighted by molar-refractivity contribution is 0.0597. The Labute approximate surface area is 178 Å². The molecule has 1 aliphatic heterocycles. The fourth-order valence-electron chi connectivity index (χ4n) is 4.01. The molecule has 0 bridgehead atoms. The molecular weight excluding hydrogens is 402 g/mol. The zero-order chi connectivity index (χ0) is 20.7. The van der Waals surface area contributed by atoms with Crippen LogP contribution in [-0.4, -0.2) is 43.4 Å². The van der Waals surface area contributed by atoms with Crippen molar-refractivity contribution in [1.29, 1.82) is 0 Å². The van der Waals surface area contributed by atoms with E-state index in [1.165, 1.54) is 4.80 Å². The summed E-state index contributed by atoms with van der Waals surface area (Å²) in [5.41, 5.74) is 2.69. The second-order valence-corrected chi connectivity index (χ2v) is 8.02. The zero-order valence-corrected chi connectivity index (χ0v) is 17.2. The quantitative estimate of drug-likeness (QED) is 0.487. The smallest absolute Gasteiger partial charge is 0.256 e. The van der Waals surface area contributed by atoms with Gasteiger partial charge in [-0.05, 0) is 50.1 Å². The molecule has 2 atom stereocenters. The number of halogens is 1. The van der Waals surface area contributed by atoms with E-state index in [1.807, 2.05) is 35.2 Å². The Balaban J connectivity index is 1.45. The molecule has 4 aromatic rings. The molecule has 8 heteroatoms. The van der Waals surface area contributed by atoms with Crippen molar-refractivity contribution in [3.05, 3.63) is 71.3 Å². The maximum absolute atomic E-state index is 13.5. The Morgan fingerprint density at radius 1 is 1.13 bits per heavy atom. The highest BCUT2D eigenvalue weighted by Crippen LogP contribution is 2.33. The lowest BCUT2D eigenvalue weighted by Crippen LogP contribution is -2.45. The summed E-state index contributed by atoms with van der Waals surface area (Å²) < 4.78 is 5.98. The highest BCUT2D eigenvalue weighted by Gasteiger charge is 2.33. The van der Waals surface area contributed by atoms with Crippen LogP contribution in [0.15, 0.2) is 59.3 Å². The third-order valence-electron chi connectivity index (χ3n) is 5.63. The van der Waals surface area contributed by atoms with Crippen LogP contribution in [0, 0.1) is 0 Å². The van der Waals surface area contributed by atoms with E-state index in [0.29, 0.717) is 34.3 Å². The topological polar surface area (TPSA) is 77.0 Å². The Kier molecular flexibility index (Phi) is 4.75. The van der Waals surface area contributed by atoms with Gasteiger partial charge in [-0.3, -0.25) is 4.79 Å².